The second-order valence-electron chi connectivity index (χ2n) is 6.23. The number of pyridine rings is 1. The Morgan fingerprint density at radius 1 is 1.12 bits per heavy atom. The molecule has 0 atom stereocenters. The van der Waals surface area contributed by atoms with Gasteiger partial charge in [-0.1, -0.05) is 12.1 Å². The van der Waals surface area contributed by atoms with Crippen molar-refractivity contribution in [3.05, 3.63) is 71.2 Å². The van der Waals surface area contributed by atoms with E-state index in [1.807, 2.05) is 38.1 Å². The third-order valence-electron chi connectivity index (χ3n) is 4.10. The Hall–Kier alpha value is -2.95. The summed E-state index contributed by atoms with van der Waals surface area (Å²) in [6.07, 6.45) is 0.655. The fraction of sp³-hybridized carbons (Fsp3) is 0.238. The third kappa shape index (κ3) is 4.36. The topological polar surface area (TPSA) is 51.2 Å². The number of nitrogens with one attached hydrogen (secondary N) is 1. The zero-order valence-corrected chi connectivity index (χ0v) is 14.9. The Balaban J connectivity index is 1.53. The molecule has 1 amide bonds. The molecule has 0 fully saturated rings. The molecule has 4 nitrogen and oxygen atoms in total. The summed E-state index contributed by atoms with van der Waals surface area (Å²) in [7, 11) is 0. The first kappa shape index (κ1) is 17.9. The van der Waals surface area contributed by atoms with Crippen molar-refractivity contribution in [3.8, 4) is 5.75 Å². The minimum absolute atomic E-state index is 0.140. The number of carbonyl (C=O) groups is 1. The average molecular weight is 352 g/mol. The lowest BCUT2D eigenvalue weighted by Gasteiger charge is -2.10. The van der Waals surface area contributed by atoms with Gasteiger partial charge in [0.1, 0.15) is 11.6 Å². The van der Waals surface area contributed by atoms with Gasteiger partial charge in [-0.3, -0.25) is 9.78 Å². The number of aromatic nitrogens is 1. The number of hydrogen-bond acceptors (Lipinski definition) is 3. The molecule has 0 bridgehead atoms. The lowest BCUT2D eigenvalue weighted by Crippen LogP contribution is -2.26. The number of nitrogens with zero attached hydrogens (tertiary/aromatic N) is 1. The molecule has 0 saturated carbocycles. The standard InChI is InChI=1S/C21H21FN2O2/c1-14-4-5-16-13-19(15(2)24-20(16)12-14)21(25)23-10-3-11-26-18-8-6-17(22)7-9-18/h4-9,12-13H,3,10-11H2,1-2H3,(H,23,25). The molecule has 1 heterocycles. The third-order valence-corrected chi connectivity index (χ3v) is 4.10. The fourth-order valence-corrected chi connectivity index (χ4v) is 2.69. The summed E-state index contributed by atoms with van der Waals surface area (Å²) in [6, 6.07) is 13.7. The van der Waals surface area contributed by atoms with Crippen LogP contribution in [0.2, 0.25) is 0 Å². The molecule has 1 aromatic heterocycles. The van der Waals surface area contributed by atoms with E-state index in [1.54, 1.807) is 12.1 Å². The van der Waals surface area contributed by atoms with Crippen LogP contribution in [0.25, 0.3) is 10.9 Å². The van der Waals surface area contributed by atoms with E-state index < -0.39 is 0 Å². The zero-order chi connectivity index (χ0) is 18.5. The van der Waals surface area contributed by atoms with Crippen LogP contribution in [-0.4, -0.2) is 24.0 Å². The Kier molecular flexibility index (Phi) is 5.46. The monoisotopic (exact) mass is 352 g/mol. The van der Waals surface area contributed by atoms with Gasteiger partial charge in [-0.05, 0) is 62.2 Å². The number of aryl methyl sites for hydroxylation is 2. The lowest BCUT2D eigenvalue weighted by atomic mass is 10.1. The van der Waals surface area contributed by atoms with E-state index in [0.717, 1.165) is 16.5 Å². The van der Waals surface area contributed by atoms with Crippen molar-refractivity contribution in [1.82, 2.24) is 10.3 Å². The molecule has 0 spiro atoms. The number of amides is 1. The number of benzene rings is 2. The molecular formula is C21H21FN2O2. The van der Waals surface area contributed by atoms with Crippen LogP contribution in [0.15, 0.2) is 48.5 Å². The highest BCUT2D eigenvalue weighted by Gasteiger charge is 2.11. The summed E-state index contributed by atoms with van der Waals surface area (Å²) in [4.78, 5) is 16.9. The highest BCUT2D eigenvalue weighted by atomic mass is 19.1. The molecule has 0 aliphatic carbocycles. The maximum absolute atomic E-state index is 12.8. The van der Waals surface area contributed by atoms with Crippen LogP contribution in [0.5, 0.6) is 5.75 Å². The summed E-state index contributed by atoms with van der Waals surface area (Å²) < 4.78 is 18.3. The van der Waals surface area contributed by atoms with Crippen LogP contribution in [0.4, 0.5) is 4.39 Å². The van der Waals surface area contributed by atoms with Crippen LogP contribution in [-0.2, 0) is 0 Å². The van der Waals surface area contributed by atoms with Crippen molar-refractivity contribution in [1.29, 1.82) is 0 Å². The second kappa shape index (κ2) is 7.95. The summed E-state index contributed by atoms with van der Waals surface area (Å²) in [5, 5.41) is 3.84. The number of fused-ring (bicyclic) bond motifs is 1. The molecule has 0 unspecified atom stereocenters. The van der Waals surface area contributed by atoms with Gasteiger partial charge in [0.15, 0.2) is 0 Å². The van der Waals surface area contributed by atoms with Crippen molar-refractivity contribution >= 4 is 16.8 Å². The van der Waals surface area contributed by atoms with Crippen LogP contribution < -0.4 is 10.1 Å². The van der Waals surface area contributed by atoms with Crippen LogP contribution in [0, 0.1) is 19.7 Å². The van der Waals surface area contributed by atoms with E-state index in [1.165, 1.54) is 12.1 Å². The molecule has 134 valence electrons. The van der Waals surface area contributed by atoms with E-state index in [0.29, 0.717) is 36.6 Å². The predicted octanol–water partition coefficient (Wildman–Crippen LogP) is 4.19. The molecule has 0 saturated heterocycles. The minimum atomic E-state index is -0.292. The first-order valence-corrected chi connectivity index (χ1v) is 8.57. The molecule has 3 rings (SSSR count). The van der Waals surface area contributed by atoms with Gasteiger partial charge in [0.05, 0.1) is 23.4 Å². The first-order valence-electron chi connectivity index (χ1n) is 8.57. The average Bonchev–Trinajstić information content (AvgIpc) is 2.62. The van der Waals surface area contributed by atoms with Gasteiger partial charge in [-0.15, -0.1) is 0 Å². The Morgan fingerprint density at radius 2 is 1.88 bits per heavy atom. The molecule has 1 N–H and O–H groups in total. The van der Waals surface area contributed by atoms with Crippen LogP contribution >= 0.6 is 0 Å². The van der Waals surface area contributed by atoms with Crippen molar-refractivity contribution in [2.75, 3.05) is 13.2 Å². The lowest BCUT2D eigenvalue weighted by molar-refractivity contribution is 0.0950. The van der Waals surface area contributed by atoms with Crippen LogP contribution in [0.3, 0.4) is 0 Å². The Bertz CT molecular complexity index is 923. The number of halogens is 1. The second-order valence-corrected chi connectivity index (χ2v) is 6.23. The molecule has 2 aromatic carbocycles. The van der Waals surface area contributed by atoms with E-state index in [-0.39, 0.29) is 11.7 Å². The molecule has 0 radical (unpaired) electrons. The molecule has 26 heavy (non-hydrogen) atoms. The highest BCUT2D eigenvalue weighted by Crippen LogP contribution is 2.18. The van der Waals surface area contributed by atoms with Gasteiger partial charge in [-0.2, -0.15) is 0 Å². The van der Waals surface area contributed by atoms with Gasteiger partial charge in [0, 0.05) is 11.9 Å². The van der Waals surface area contributed by atoms with E-state index in [2.05, 4.69) is 10.3 Å². The van der Waals surface area contributed by atoms with Crippen molar-refractivity contribution in [2.45, 2.75) is 20.3 Å². The maximum atomic E-state index is 12.8. The fourth-order valence-electron chi connectivity index (χ4n) is 2.69. The molecule has 3 aromatic rings. The van der Waals surface area contributed by atoms with Gasteiger partial charge in [0.2, 0.25) is 0 Å². The summed E-state index contributed by atoms with van der Waals surface area (Å²) in [6.45, 7) is 4.80. The highest BCUT2D eigenvalue weighted by molar-refractivity contribution is 5.98. The normalized spacial score (nSPS) is 10.7. The van der Waals surface area contributed by atoms with Gasteiger partial charge in [-0.25, -0.2) is 4.39 Å². The largest absolute Gasteiger partial charge is 0.494 e. The van der Waals surface area contributed by atoms with Crippen molar-refractivity contribution < 1.29 is 13.9 Å². The summed E-state index contributed by atoms with van der Waals surface area (Å²) in [5.74, 6) is 0.181. The number of hydrogen-bond donors (Lipinski definition) is 1. The number of rotatable bonds is 6. The predicted molar refractivity (Wildman–Crippen MR) is 100 cm³/mol. The van der Waals surface area contributed by atoms with E-state index >= 15 is 0 Å². The van der Waals surface area contributed by atoms with Crippen molar-refractivity contribution in [2.24, 2.45) is 0 Å². The smallest absolute Gasteiger partial charge is 0.253 e. The summed E-state index contributed by atoms with van der Waals surface area (Å²) in [5.41, 5.74) is 3.33. The van der Waals surface area contributed by atoms with Gasteiger partial charge >= 0.3 is 0 Å². The molecule has 0 aliphatic heterocycles. The Morgan fingerprint density at radius 3 is 2.65 bits per heavy atom. The van der Waals surface area contributed by atoms with Gasteiger partial charge in [0.25, 0.3) is 5.91 Å². The van der Waals surface area contributed by atoms with E-state index in [9.17, 15) is 9.18 Å². The number of ether oxygens (including phenoxy) is 1. The van der Waals surface area contributed by atoms with Gasteiger partial charge < -0.3 is 10.1 Å². The Labute approximate surface area is 152 Å². The van der Waals surface area contributed by atoms with Crippen LogP contribution in [0.1, 0.15) is 28.0 Å². The van der Waals surface area contributed by atoms with Crippen molar-refractivity contribution in [3.63, 3.8) is 0 Å². The number of carbonyl (C=O) groups excluding carboxylic acids is 1. The van der Waals surface area contributed by atoms with E-state index in [4.69, 9.17) is 4.74 Å². The first-order chi connectivity index (χ1) is 12.5. The quantitative estimate of drug-likeness (QED) is 0.677. The molecule has 0 aliphatic rings. The zero-order valence-electron chi connectivity index (χ0n) is 14.9. The SMILES string of the molecule is Cc1ccc2cc(C(=O)NCCCOc3ccc(F)cc3)c(C)nc2c1. The summed E-state index contributed by atoms with van der Waals surface area (Å²) >= 11 is 0. The molecule has 5 heteroatoms. The molecular weight excluding hydrogens is 331 g/mol. The minimum Gasteiger partial charge on any atom is -0.494 e. The maximum Gasteiger partial charge on any atom is 0.253 e.